The Balaban J connectivity index is 2.20. The van der Waals surface area contributed by atoms with E-state index < -0.39 is 0 Å². The highest BCUT2D eigenvalue weighted by atomic mass is 16.3. The van der Waals surface area contributed by atoms with Gasteiger partial charge >= 0.3 is 0 Å². The number of hydrogen-bond donors (Lipinski definition) is 2. The van der Waals surface area contributed by atoms with Crippen LogP contribution in [0.5, 0.6) is 0 Å². The molecule has 0 fully saturated rings. The maximum absolute atomic E-state index is 9.30. The van der Waals surface area contributed by atoms with Crippen LogP contribution in [-0.2, 0) is 0 Å². The van der Waals surface area contributed by atoms with E-state index in [0.717, 1.165) is 39.7 Å². The van der Waals surface area contributed by atoms with Crippen LogP contribution >= 0.6 is 0 Å². The lowest BCUT2D eigenvalue weighted by atomic mass is 10.00. The van der Waals surface area contributed by atoms with E-state index in [2.05, 4.69) is 24.4 Å². The monoisotopic (exact) mass is 269 g/mol. The molecule has 3 nitrogen and oxygen atoms in total. The maximum atomic E-state index is 9.30. The van der Waals surface area contributed by atoms with Crippen LogP contribution in [0.3, 0.4) is 0 Å². The van der Waals surface area contributed by atoms with Crippen molar-refractivity contribution < 1.29 is 9.52 Å². The Hall–Kier alpha value is -2.00. The van der Waals surface area contributed by atoms with E-state index in [1.54, 1.807) is 0 Å². The van der Waals surface area contributed by atoms with Crippen LogP contribution in [0.25, 0.3) is 21.9 Å². The zero-order valence-corrected chi connectivity index (χ0v) is 11.8. The molecule has 0 spiro atoms. The number of aliphatic hydroxyl groups is 1. The molecule has 0 saturated heterocycles. The normalized spacial score (nSPS) is 12.9. The molecule has 1 atom stereocenters. The highest BCUT2D eigenvalue weighted by molar-refractivity contribution is 6.06. The highest BCUT2D eigenvalue weighted by Gasteiger charge is 2.11. The summed E-state index contributed by atoms with van der Waals surface area (Å²) < 4.78 is 5.86. The molecule has 0 bridgehead atoms. The fourth-order valence-corrected chi connectivity index (χ4v) is 2.52. The van der Waals surface area contributed by atoms with Crippen LogP contribution in [0.4, 0.5) is 5.69 Å². The summed E-state index contributed by atoms with van der Waals surface area (Å²) in [5.41, 5.74) is 4.03. The second kappa shape index (κ2) is 5.17. The fourth-order valence-electron chi connectivity index (χ4n) is 2.52. The molecule has 104 valence electrons. The second-order valence-electron chi connectivity index (χ2n) is 5.18. The summed E-state index contributed by atoms with van der Waals surface area (Å²) in [6.07, 6.45) is 0. The first-order valence-corrected chi connectivity index (χ1v) is 7.04. The van der Waals surface area contributed by atoms with Gasteiger partial charge in [-0.3, -0.25) is 0 Å². The summed E-state index contributed by atoms with van der Waals surface area (Å²) in [5, 5.41) is 14.9. The van der Waals surface area contributed by atoms with Gasteiger partial charge in [-0.25, -0.2) is 0 Å². The largest absolute Gasteiger partial charge is 0.456 e. The number of rotatable bonds is 4. The van der Waals surface area contributed by atoms with Crippen molar-refractivity contribution in [3.8, 4) is 0 Å². The molecule has 1 unspecified atom stereocenters. The van der Waals surface area contributed by atoms with Crippen molar-refractivity contribution in [1.82, 2.24) is 0 Å². The van der Waals surface area contributed by atoms with Crippen molar-refractivity contribution in [2.45, 2.75) is 19.8 Å². The molecule has 1 heterocycles. The Bertz CT molecular complexity index is 745. The summed E-state index contributed by atoms with van der Waals surface area (Å²) in [7, 11) is 0. The zero-order valence-electron chi connectivity index (χ0n) is 11.8. The predicted octanol–water partition coefficient (Wildman–Crippen LogP) is 4.11. The van der Waals surface area contributed by atoms with Crippen LogP contribution in [0.15, 0.2) is 40.8 Å². The molecule has 0 aliphatic rings. The molecule has 2 N–H and O–H groups in total. The van der Waals surface area contributed by atoms with Gasteiger partial charge in [0.2, 0.25) is 0 Å². The van der Waals surface area contributed by atoms with Gasteiger partial charge in [-0.1, -0.05) is 13.0 Å². The molecule has 0 saturated carbocycles. The lowest BCUT2D eigenvalue weighted by Crippen LogP contribution is -1.98. The van der Waals surface area contributed by atoms with Gasteiger partial charge in [-0.15, -0.1) is 0 Å². The Morgan fingerprint density at radius 2 is 1.80 bits per heavy atom. The minimum absolute atomic E-state index is 0.140. The van der Waals surface area contributed by atoms with Gasteiger partial charge < -0.3 is 14.8 Å². The Morgan fingerprint density at radius 3 is 2.50 bits per heavy atom. The van der Waals surface area contributed by atoms with Gasteiger partial charge in [0.15, 0.2) is 0 Å². The summed E-state index contributed by atoms with van der Waals surface area (Å²) in [6.45, 7) is 5.16. The number of fused-ring (bicyclic) bond motifs is 3. The first kappa shape index (κ1) is 13.0. The van der Waals surface area contributed by atoms with Crippen LogP contribution < -0.4 is 5.32 Å². The standard InChI is InChI=1S/C17H19NO2/c1-3-18-13-5-7-17-15(9-13)14-8-12(11(2)10-19)4-6-16(14)20-17/h4-9,11,18-19H,3,10H2,1-2H3. The number of aliphatic hydroxyl groups excluding tert-OH is 1. The lowest BCUT2D eigenvalue weighted by Gasteiger charge is -2.07. The van der Waals surface area contributed by atoms with Gasteiger partial charge in [0.05, 0.1) is 0 Å². The minimum Gasteiger partial charge on any atom is -0.456 e. The van der Waals surface area contributed by atoms with Gasteiger partial charge in [-0.2, -0.15) is 0 Å². The van der Waals surface area contributed by atoms with Crippen molar-refractivity contribution in [1.29, 1.82) is 0 Å². The van der Waals surface area contributed by atoms with Gasteiger partial charge in [0, 0.05) is 35.5 Å². The minimum atomic E-state index is 0.140. The molecule has 0 aliphatic carbocycles. The smallest absolute Gasteiger partial charge is 0.135 e. The summed E-state index contributed by atoms with van der Waals surface area (Å²) in [6, 6.07) is 12.3. The van der Waals surface area contributed by atoms with Gasteiger partial charge in [-0.05, 0) is 42.8 Å². The number of anilines is 1. The van der Waals surface area contributed by atoms with E-state index in [-0.39, 0.29) is 12.5 Å². The first-order chi connectivity index (χ1) is 9.72. The average molecular weight is 269 g/mol. The molecule has 0 aliphatic heterocycles. The highest BCUT2D eigenvalue weighted by Crippen LogP contribution is 2.32. The summed E-state index contributed by atoms with van der Waals surface area (Å²) in [4.78, 5) is 0. The molecular weight excluding hydrogens is 250 g/mol. The van der Waals surface area contributed by atoms with Crippen LogP contribution in [-0.4, -0.2) is 18.3 Å². The second-order valence-corrected chi connectivity index (χ2v) is 5.18. The van der Waals surface area contributed by atoms with Crippen molar-refractivity contribution in [3.63, 3.8) is 0 Å². The molecule has 20 heavy (non-hydrogen) atoms. The zero-order chi connectivity index (χ0) is 14.1. The van der Waals surface area contributed by atoms with Crippen molar-refractivity contribution in [2.24, 2.45) is 0 Å². The maximum Gasteiger partial charge on any atom is 0.135 e. The van der Waals surface area contributed by atoms with Crippen molar-refractivity contribution >= 4 is 27.6 Å². The van der Waals surface area contributed by atoms with Crippen LogP contribution in [0.1, 0.15) is 25.3 Å². The predicted molar refractivity (Wildman–Crippen MR) is 83.4 cm³/mol. The Kier molecular flexibility index (Phi) is 3.36. The van der Waals surface area contributed by atoms with E-state index >= 15 is 0 Å². The number of benzene rings is 2. The molecular formula is C17H19NO2. The third kappa shape index (κ3) is 2.14. The van der Waals surface area contributed by atoms with Crippen molar-refractivity contribution in [2.75, 3.05) is 18.5 Å². The van der Waals surface area contributed by atoms with E-state index in [4.69, 9.17) is 4.42 Å². The third-order valence-electron chi connectivity index (χ3n) is 3.72. The van der Waals surface area contributed by atoms with E-state index in [1.807, 2.05) is 31.2 Å². The van der Waals surface area contributed by atoms with Crippen molar-refractivity contribution in [3.05, 3.63) is 42.0 Å². The van der Waals surface area contributed by atoms with Crippen LogP contribution in [0.2, 0.25) is 0 Å². The van der Waals surface area contributed by atoms with E-state index in [1.165, 1.54) is 0 Å². The molecule has 3 rings (SSSR count). The molecule has 0 radical (unpaired) electrons. The van der Waals surface area contributed by atoms with Gasteiger partial charge in [0.25, 0.3) is 0 Å². The summed E-state index contributed by atoms with van der Waals surface area (Å²) in [5.74, 6) is 0.140. The van der Waals surface area contributed by atoms with Gasteiger partial charge in [0.1, 0.15) is 11.2 Å². The van der Waals surface area contributed by atoms with E-state index in [0.29, 0.717) is 0 Å². The topological polar surface area (TPSA) is 45.4 Å². The van der Waals surface area contributed by atoms with E-state index in [9.17, 15) is 5.11 Å². The molecule has 1 aromatic heterocycles. The quantitative estimate of drug-likeness (QED) is 0.749. The molecule has 0 amide bonds. The molecule has 2 aromatic carbocycles. The third-order valence-corrected chi connectivity index (χ3v) is 3.72. The fraction of sp³-hybridized carbons (Fsp3) is 0.294. The SMILES string of the molecule is CCNc1ccc2oc3ccc(C(C)CO)cc3c2c1. The number of hydrogen-bond acceptors (Lipinski definition) is 3. The lowest BCUT2D eigenvalue weighted by molar-refractivity contribution is 0.273. The average Bonchev–Trinajstić information content (AvgIpc) is 2.84. The number of nitrogens with one attached hydrogen (secondary N) is 1. The Morgan fingerprint density at radius 1 is 1.10 bits per heavy atom. The number of furan rings is 1. The van der Waals surface area contributed by atoms with Crippen LogP contribution in [0, 0.1) is 0 Å². The summed E-state index contributed by atoms with van der Waals surface area (Å²) >= 11 is 0. The Labute approximate surface area is 118 Å². The molecule has 3 heteroatoms. The first-order valence-electron chi connectivity index (χ1n) is 7.04. The molecule has 3 aromatic rings.